The predicted molar refractivity (Wildman–Crippen MR) is 101 cm³/mol. The Bertz CT molecular complexity index is 868. The summed E-state index contributed by atoms with van der Waals surface area (Å²) in [4.78, 5) is 23.2. The van der Waals surface area contributed by atoms with Crippen molar-refractivity contribution in [1.82, 2.24) is 24.8 Å². The van der Waals surface area contributed by atoms with E-state index in [-0.39, 0.29) is 6.03 Å². The Balaban J connectivity index is 1.28. The van der Waals surface area contributed by atoms with Gasteiger partial charge in [0.1, 0.15) is 5.52 Å². The lowest BCUT2D eigenvalue weighted by molar-refractivity contribution is 0.172. The molecule has 0 spiro atoms. The Hall–Kier alpha value is -2.89. The van der Waals surface area contributed by atoms with E-state index in [0.29, 0.717) is 12.6 Å². The molecule has 3 heterocycles. The van der Waals surface area contributed by atoms with Gasteiger partial charge in [-0.05, 0) is 37.0 Å². The van der Waals surface area contributed by atoms with E-state index in [9.17, 15) is 4.79 Å². The number of pyridine rings is 1. The van der Waals surface area contributed by atoms with Crippen LogP contribution in [-0.2, 0) is 6.42 Å². The fraction of sp³-hybridized carbons (Fsp3) is 0.350. The van der Waals surface area contributed by atoms with Crippen molar-refractivity contribution in [1.29, 1.82) is 0 Å². The van der Waals surface area contributed by atoms with Crippen LogP contribution in [-0.4, -0.2) is 45.1 Å². The maximum Gasteiger partial charge on any atom is 0.317 e. The molecule has 1 N–H and O–H groups in total. The number of hydrogen-bond donors (Lipinski definition) is 1. The van der Waals surface area contributed by atoms with Gasteiger partial charge >= 0.3 is 6.03 Å². The minimum absolute atomic E-state index is 0.0352. The first-order valence-electron chi connectivity index (χ1n) is 9.15. The molecule has 0 aliphatic carbocycles. The van der Waals surface area contributed by atoms with Crippen molar-refractivity contribution in [3.05, 3.63) is 60.6 Å². The number of nitrogens with zero attached hydrogens (tertiary/aromatic N) is 4. The van der Waals surface area contributed by atoms with Crippen molar-refractivity contribution in [3.63, 3.8) is 0 Å². The van der Waals surface area contributed by atoms with Gasteiger partial charge in [-0.3, -0.25) is 0 Å². The molecule has 26 heavy (non-hydrogen) atoms. The minimum Gasteiger partial charge on any atom is -0.338 e. The molecule has 1 fully saturated rings. The van der Waals surface area contributed by atoms with Crippen LogP contribution in [0.1, 0.15) is 24.4 Å². The second-order valence-corrected chi connectivity index (χ2v) is 6.68. The number of hydrogen-bond acceptors (Lipinski definition) is 3. The SMILES string of the molecule is O=C(NCCc1ccccc1)N1CCC(n2cnc3cccnc32)CC1. The summed E-state index contributed by atoms with van der Waals surface area (Å²) < 4.78 is 2.15. The van der Waals surface area contributed by atoms with Crippen LogP contribution in [0, 0.1) is 0 Å². The highest BCUT2D eigenvalue weighted by molar-refractivity contribution is 5.74. The predicted octanol–water partition coefficient (Wildman–Crippen LogP) is 3.02. The van der Waals surface area contributed by atoms with Gasteiger partial charge in [-0.2, -0.15) is 0 Å². The molecule has 1 aliphatic heterocycles. The number of carbonyl (C=O) groups is 1. The van der Waals surface area contributed by atoms with Gasteiger partial charge in [0.2, 0.25) is 0 Å². The summed E-state index contributed by atoms with van der Waals surface area (Å²) in [5.74, 6) is 0. The molecule has 1 saturated heterocycles. The van der Waals surface area contributed by atoms with E-state index in [2.05, 4.69) is 32.0 Å². The second kappa shape index (κ2) is 7.56. The van der Waals surface area contributed by atoms with Crippen molar-refractivity contribution < 1.29 is 4.79 Å². The van der Waals surface area contributed by atoms with Crippen LogP contribution in [0.15, 0.2) is 55.0 Å². The van der Waals surface area contributed by atoms with E-state index in [1.54, 1.807) is 6.20 Å². The molecule has 2 aromatic heterocycles. The number of fused-ring (bicyclic) bond motifs is 1. The summed E-state index contributed by atoms with van der Waals surface area (Å²) in [5.41, 5.74) is 3.10. The Morgan fingerprint density at radius 1 is 1.08 bits per heavy atom. The van der Waals surface area contributed by atoms with Gasteiger partial charge in [0.15, 0.2) is 5.65 Å². The second-order valence-electron chi connectivity index (χ2n) is 6.68. The van der Waals surface area contributed by atoms with E-state index in [1.807, 2.05) is 41.6 Å². The maximum atomic E-state index is 12.4. The topological polar surface area (TPSA) is 63.1 Å². The number of carbonyl (C=O) groups excluding carboxylic acids is 1. The molecule has 0 bridgehead atoms. The molecule has 1 aromatic carbocycles. The molecule has 0 atom stereocenters. The number of nitrogens with one attached hydrogen (secondary N) is 1. The van der Waals surface area contributed by atoms with Crippen LogP contribution in [0.2, 0.25) is 0 Å². The minimum atomic E-state index is 0.0352. The first-order valence-corrected chi connectivity index (χ1v) is 9.15. The van der Waals surface area contributed by atoms with Gasteiger partial charge in [0.25, 0.3) is 0 Å². The smallest absolute Gasteiger partial charge is 0.317 e. The number of piperidine rings is 1. The van der Waals surface area contributed by atoms with Crippen LogP contribution < -0.4 is 5.32 Å². The summed E-state index contributed by atoms with van der Waals surface area (Å²) in [6, 6.07) is 14.5. The lowest BCUT2D eigenvalue weighted by Gasteiger charge is -2.32. The van der Waals surface area contributed by atoms with Crippen molar-refractivity contribution in [2.24, 2.45) is 0 Å². The molecule has 1 aliphatic rings. The summed E-state index contributed by atoms with van der Waals surface area (Å²) in [5, 5.41) is 3.04. The average Bonchev–Trinajstić information content (AvgIpc) is 3.13. The zero-order valence-corrected chi connectivity index (χ0v) is 14.7. The standard InChI is InChI=1S/C20H23N5O/c26-20(22-12-8-16-5-2-1-3-6-16)24-13-9-17(10-14-24)25-15-23-18-7-4-11-21-19(18)25/h1-7,11,15,17H,8-10,12-14H2,(H,22,26). The summed E-state index contributed by atoms with van der Waals surface area (Å²) >= 11 is 0. The van der Waals surface area contributed by atoms with Gasteiger partial charge in [0, 0.05) is 31.9 Å². The van der Waals surface area contributed by atoms with Crippen molar-refractivity contribution in [3.8, 4) is 0 Å². The number of amides is 2. The third-order valence-electron chi connectivity index (χ3n) is 5.01. The third kappa shape index (κ3) is 3.54. The zero-order chi connectivity index (χ0) is 17.8. The molecular formula is C20H23N5O. The summed E-state index contributed by atoms with van der Waals surface area (Å²) in [6.45, 7) is 2.18. The third-order valence-corrected chi connectivity index (χ3v) is 5.01. The van der Waals surface area contributed by atoms with Gasteiger partial charge in [0.05, 0.1) is 6.33 Å². The van der Waals surface area contributed by atoms with Crippen LogP contribution in [0.3, 0.4) is 0 Å². The van der Waals surface area contributed by atoms with Gasteiger partial charge in [-0.1, -0.05) is 30.3 Å². The van der Waals surface area contributed by atoms with E-state index >= 15 is 0 Å². The fourth-order valence-electron chi connectivity index (χ4n) is 3.55. The first kappa shape index (κ1) is 16.6. The number of imidazole rings is 1. The first-order chi connectivity index (χ1) is 12.8. The highest BCUT2D eigenvalue weighted by atomic mass is 16.2. The lowest BCUT2D eigenvalue weighted by Crippen LogP contribution is -2.45. The number of rotatable bonds is 4. The molecule has 4 rings (SSSR count). The van der Waals surface area contributed by atoms with E-state index < -0.39 is 0 Å². The van der Waals surface area contributed by atoms with Crippen molar-refractivity contribution in [2.45, 2.75) is 25.3 Å². The molecule has 3 aromatic rings. The molecule has 134 valence electrons. The van der Waals surface area contributed by atoms with Crippen LogP contribution >= 0.6 is 0 Å². The molecule has 0 unspecified atom stereocenters. The summed E-state index contributed by atoms with van der Waals surface area (Å²) in [7, 11) is 0. The maximum absolute atomic E-state index is 12.4. The van der Waals surface area contributed by atoms with E-state index in [1.165, 1.54) is 5.56 Å². The lowest BCUT2D eigenvalue weighted by atomic mass is 10.1. The number of likely N-dealkylation sites (tertiary alicyclic amines) is 1. The quantitative estimate of drug-likeness (QED) is 0.787. The molecular weight excluding hydrogens is 326 g/mol. The molecule has 0 radical (unpaired) electrons. The average molecular weight is 349 g/mol. The highest BCUT2D eigenvalue weighted by Crippen LogP contribution is 2.25. The number of aromatic nitrogens is 3. The van der Waals surface area contributed by atoms with Crippen LogP contribution in [0.4, 0.5) is 4.79 Å². The van der Waals surface area contributed by atoms with Crippen molar-refractivity contribution in [2.75, 3.05) is 19.6 Å². The molecule has 0 saturated carbocycles. The zero-order valence-electron chi connectivity index (χ0n) is 14.7. The highest BCUT2D eigenvalue weighted by Gasteiger charge is 2.24. The Morgan fingerprint density at radius 2 is 1.88 bits per heavy atom. The molecule has 6 heteroatoms. The van der Waals surface area contributed by atoms with E-state index in [0.717, 1.165) is 43.5 Å². The number of urea groups is 1. The van der Waals surface area contributed by atoms with Crippen LogP contribution in [0.5, 0.6) is 0 Å². The monoisotopic (exact) mass is 349 g/mol. The van der Waals surface area contributed by atoms with Crippen LogP contribution in [0.25, 0.3) is 11.2 Å². The fourth-order valence-corrected chi connectivity index (χ4v) is 3.55. The van der Waals surface area contributed by atoms with Gasteiger partial charge < -0.3 is 14.8 Å². The van der Waals surface area contributed by atoms with Crippen molar-refractivity contribution >= 4 is 17.2 Å². The normalized spacial score (nSPS) is 15.3. The molecule has 2 amide bonds. The largest absolute Gasteiger partial charge is 0.338 e. The number of benzene rings is 1. The Kier molecular flexibility index (Phi) is 4.82. The van der Waals surface area contributed by atoms with E-state index in [4.69, 9.17) is 0 Å². The van der Waals surface area contributed by atoms with Gasteiger partial charge in [-0.25, -0.2) is 14.8 Å². The molecule has 6 nitrogen and oxygen atoms in total. The summed E-state index contributed by atoms with van der Waals surface area (Å²) in [6.07, 6.45) is 6.38. The Labute approximate surface area is 152 Å². The Morgan fingerprint density at radius 3 is 2.69 bits per heavy atom. The van der Waals surface area contributed by atoms with Gasteiger partial charge in [-0.15, -0.1) is 0 Å².